The van der Waals surface area contributed by atoms with E-state index >= 15 is 0 Å². The van der Waals surface area contributed by atoms with Crippen molar-refractivity contribution in [3.63, 3.8) is 0 Å². The minimum atomic E-state index is -1.10. The van der Waals surface area contributed by atoms with E-state index in [0.717, 1.165) is 12.3 Å². The molecule has 0 aromatic rings. The van der Waals surface area contributed by atoms with E-state index in [1.807, 2.05) is 6.92 Å². The van der Waals surface area contributed by atoms with E-state index in [1.165, 1.54) is 19.3 Å². The number of ether oxygens (including phenoxy) is 2. The lowest BCUT2D eigenvalue weighted by atomic mass is 9.72. The molecule has 0 radical (unpaired) electrons. The van der Waals surface area contributed by atoms with Crippen molar-refractivity contribution in [2.75, 3.05) is 13.2 Å². The Morgan fingerprint density at radius 1 is 1.00 bits per heavy atom. The summed E-state index contributed by atoms with van der Waals surface area (Å²) < 4.78 is 10.4. The Hall–Kier alpha value is -1.06. The Morgan fingerprint density at radius 2 is 1.62 bits per heavy atom. The highest BCUT2D eigenvalue weighted by atomic mass is 16.6. The lowest BCUT2D eigenvalue weighted by Gasteiger charge is -2.33. The molecule has 2 bridgehead atoms. The molecule has 0 aromatic heterocycles. The summed E-state index contributed by atoms with van der Waals surface area (Å²) in [5, 5.41) is 0. The summed E-state index contributed by atoms with van der Waals surface area (Å²) in [5.41, 5.74) is -1.10. The molecule has 0 amide bonds. The van der Waals surface area contributed by atoms with Crippen LogP contribution in [0.25, 0.3) is 0 Å². The third kappa shape index (κ3) is 3.09. The van der Waals surface area contributed by atoms with Crippen LogP contribution in [0.2, 0.25) is 0 Å². The molecule has 2 aliphatic rings. The van der Waals surface area contributed by atoms with Crippen LogP contribution in [0, 0.1) is 23.2 Å². The van der Waals surface area contributed by atoms with Crippen LogP contribution in [0.5, 0.6) is 0 Å². The van der Waals surface area contributed by atoms with Gasteiger partial charge in [0.25, 0.3) is 0 Å². The van der Waals surface area contributed by atoms with Gasteiger partial charge in [-0.2, -0.15) is 0 Å². The monoisotopic (exact) mass is 296 g/mol. The topological polar surface area (TPSA) is 52.6 Å². The standard InChI is InChI=1S/C17H28O4/c1-4-17(15(18)20-5-2,16(19)21-6-3)11-14-10-12-7-8-13(14)9-12/h12-14H,4-11H2,1-3H3. The number of fused-ring (bicyclic) bond motifs is 2. The second-order valence-electron chi connectivity index (χ2n) is 6.52. The van der Waals surface area contributed by atoms with Gasteiger partial charge in [-0.3, -0.25) is 9.59 Å². The lowest BCUT2D eigenvalue weighted by Crippen LogP contribution is -2.43. The highest BCUT2D eigenvalue weighted by Crippen LogP contribution is 2.52. The van der Waals surface area contributed by atoms with Crippen molar-refractivity contribution in [3.05, 3.63) is 0 Å². The summed E-state index contributed by atoms with van der Waals surface area (Å²) in [5.74, 6) is 1.17. The van der Waals surface area contributed by atoms with Crippen molar-refractivity contribution in [3.8, 4) is 0 Å². The molecule has 2 rings (SSSR count). The van der Waals surface area contributed by atoms with Crippen LogP contribution in [-0.4, -0.2) is 25.2 Å². The Morgan fingerprint density at radius 3 is 2.00 bits per heavy atom. The maximum absolute atomic E-state index is 12.5. The third-order valence-electron chi connectivity index (χ3n) is 5.43. The summed E-state index contributed by atoms with van der Waals surface area (Å²) in [4.78, 5) is 25.0. The first kappa shape index (κ1) is 16.3. The molecule has 2 saturated carbocycles. The summed E-state index contributed by atoms with van der Waals surface area (Å²) >= 11 is 0. The van der Waals surface area contributed by atoms with E-state index < -0.39 is 17.4 Å². The molecule has 21 heavy (non-hydrogen) atoms. The van der Waals surface area contributed by atoms with Gasteiger partial charge in [-0.1, -0.05) is 13.3 Å². The minimum Gasteiger partial charge on any atom is -0.465 e. The number of rotatable bonds is 7. The van der Waals surface area contributed by atoms with Gasteiger partial charge in [0.1, 0.15) is 0 Å². The molecule has 0 aliphatic heterocycles. The number of carbonyl (C=O) groups excluding carboxylic acids is 2. The first-order valence-electron chi connectivity index (χ1n) is 8.41. The summed E-state index contributed by atoms with van der Waals surface area (Å²) in [7, 11) is 0. The van der Waals surface area contributed by atoms with Crippen molar-refractivity contribution in [1.29, 1.82) is 0 Å². The average Bonchev–Trinajstić information content (AvgIpc) is 3.07. The van der Waals surface area contributed by atoms with Gasteiger partial charge in [0.15, 0.2) is 5.41 Å². The number of esters is 2. The zero-order valence-corrected chi connectivity index (χ0v) is 13.5. The van der Waals surface area contributed by atoms with Gasteiger partial charge in [-0.05, 0) is 63.7 Å². The van der Waals surface area contributed by atoms with E-state index in [1.54, 1.807) is 13.8 Å². The van der Waals surface area contributed by atoms with Gasteiger partial charge in [0.2, 0.25) is 0 Å². The van der Waals surface area contributed by atoms with Crippen LogP contribution in [0.15, 0.2) is 0 Å². The number of hydrogen-bond acceptors (Lipinski definition) is 4. The first-order chi connectivity index (χ1) is 10.1. The molecular weight excluding hydrogens is 268 g/mol. The van der Waals surface area contributed by atoms with Crippen molar-refractivity contribution in [1.82, 2.24) is 0 Å². The van der Waals surface area contributed by atoms with Crippen molar-refractivity contribution < 1.29 is 19.1 Å². The Labute approximate surface area is 127 Å². The van der Waals surface area contributed by atoms with Gasteiger partial charge >= 0.3 is 11.9 Å². The van der Waals surface area contributed by atoms with Crippen molar-refractivity contribution in [2.24, 2.45) is 23.2 Å². The van der Waals surface area contributed by atoms with Crippen LogP contribution < -0.4 is 0 Å². The summed E-state index contributed by atoms with van der Waals surface area (Å²) in [6.45, 7) is 6.05. The molecule has 0 heterocycles. The Balaban J connectivity index is 2.17. The SMILES string of the molecule is CCOC(=O)C(CC)(CC1CC2CCC1C2)C(=O)OCC. The van der Waals surface area contributed by atoms with E-state index in [9.17, 15) is 9.59 Å². The van der Waals surface area contributed by atoms with Gasteiger partial charge in [0, 0.05) is 0 Å². The highest BCUT2D eigenvalue weighted by molar-refractivity contribution is 6.00. The third-order valence-corrected chi connectivity index (χ3v) is 5.43. The Bertz CT molecular complexity index is 372. The molecule has 120 valence electrons. The normalized spacial score (nSPS) is 27.7. The Kier molecular flexibility index (Phi) is 5.28. The average molecular weight is 296 g/mol. The molecule has 3 unspecified atom stereocenters. The van der Waals surface area contributed by atoms with E-state index in [4.69, 9.17) is 9.47 Å². The van der Waals surface area contributed by atoms with Crippen LogP contribution in [0.4, 0.5) is 0 Å². The smallest absolute Gasteiger partial charge is 0.323 e. The summed E-state index contributed by atoms with van der Waals surface area (Å²) in [6, 6.07) is 0. The van der Waals surface area contributed by atoms with E-state index in [0.29, 0.717) is 37.9 Å². The molecule has 0 saturated heterocycles. The fourth-order valence-corrected chi connectivity index (χ4v) is 4.30. The lowest BCUT2D eigenvalue weighted by molar-refractivity contribution is -0.174. The number of hydrogen-bond donors (Lipinski definition) is 0. The quantitative estimate of drug-likeness (QED) is 0.534. The van der Waals surface area contributed by atoms with Gasteiger partial charge in [0.05, 0.1) is 13.2 Å². The summed E-state index contributed by atoms with van der Waals surface area (Å²) in [6.07, 6.45) is 6.06. The van der Waals surface area contributed by atoms with Gasteiger partial charge < -0.3 is 9.47 Å². The van der Waals surface area contributed by atoms with Crippen molar-refractivity contribution >= 4 is 11.9 Å². The van der Waals surface area contributed by atoms with E-state index in [-0.39, 0.29) is 0 Å². The first-order valence-corrected chi connectivity index (χ1v) is 8.41. The van der Waals surface area contributed by atoms with E-state index in [2.05, 4.69) is 0 Å². The zero-order chi connectivity index (χ0) is 15.5. The maximum Gasteiger partial charge on any atom is 0.323 e. The maximum atomic E-state index is 12.5. The molecule has 4 nitrogen and oxygen atoms in total. The van der Waals surface area contributed by atoms with Crippen LogP contribution in [-0.2, 0) is 19.1 Å². The predicted octanol–water partition coefficient (Wildman–Crippen LogP) is 3.34. The van der Waals surface area contributed by atoms with Crippen LogP contribution >= 0.6 is 0 Å². The molecule has 0 spiro atoms. The molecule has 0 aromatic carbocycles. The van der Waals surface area contributed by atoms with Crippen LogP contribution in [0.1, 0.15) is 59.3 Å². The fraction of sp³-hybridized carbons (Fsp3) is 0.882. The van der Waals surface area contributed by atoms with Crippen molar-refractivity contribution in [2.45, 2.75) is 59.3 Å². The molecule has 2 aliphatic carbocycles. The number of carbonyl (C=O) groups is 2. The molecular formula is C17H28O4. The fourth-order valence-electron chi connectivity index (χ4n) is 4.30. The van der Waals surface area contributed by atoms with Gasteiger partial charge in [-0.15, -0.1) is 0 Å². The minimum absolute atomic E-state index is 0.302. The molecule has 0 N–H and O–H groups in total. The molecule has 4 heteroatoms. The molecule has 2 fully saturated rings. The second-order valence-corrected chi connectivity index (χ2v) is 6.52. The van der Waals surface area contributed by atoms with Crippen LogP contribution in [0.3, 0.4) is 0 Å². The van der Waals surface area contributed by atoms with Gasteiger partial charge in [-0.25, -0.2) is 0 Å². The second kappa shape index (κ2) is 6.80. The predicted molar refractivity (Wildman–Crippen MR) is 79.5 cm³/mol. The zero-order valence-electron chi connectivity index (χ0n) is 13.5. The molecule has 3 atom stereocenters. The largest absolute Gasteiger partial charge is 0.465 e. The highest BCUT2D eigenvalue weighted by Gasteiger charge is 2.52.